The molecule has 2 heterocycles. The average Bonchev–Trinajstić information content (AvgIpc) is 2.74. The summed E-state index contributed by atoms with van der Waals surface area (Å²) in [6.45, 7) is 4.89. The monoisotopic (exact) mass is 379 g/mol. The van der Waals surface area contributed by atoms with Crippen LogP contribution in [0.4, 0.5) is 0 Å². The van der Waals surface area contributed by atoms with E-state index >= 15 is 0 Å². The predicted octanol–water partition coefficient (Wildman–Crippen LogP) is 1.80. The molecule has 0 atom stereocenters. The molecule has 0 radical (unpaired) electrons. The first-order valence-corrected chi connectivity index (χ1v) is 9.20. The lowest BCUT2D eigenvalue weighted by Crippen LogP contribution is -2.38. The van der Waals surface area contributed by atoms with E-state index in [0.29, 0.717) is 17.5 Å². The highest BCUT2D eigenvalue weighted by Crippen LogP contribution is 2.25. The van der Waals surface area contributed by atoms with Gasteiger partial charge in [0.25, 0.3) is 0 Å². The first-order valence-electron chi connectivity index (χ1n) is 9.20. The van der Waals surface area contributed by atoms with Crippen LogP contribution in [-0.2, 0) is 4.74 Å². The molecule has 2 aromatic carbocycles. The van der Waals surface area contributed by atoms with Crippen molar-refractivity contribution in [2.45, 2.75) is 0 Å². The zero-order valence-corrected chi connectivity index (χ0v) is 15.7. The highest BCUT2D eigenvalue weighted by molar-refractivity contribution is 5.97. The summed E-state index contributed by atoms with van der Waals surface area (Å²) in [5.74, 6) is 0.778. The van der Waals surface area contributed by atoms with Crippen molar-refractivity contribution in [3.63, 3.8) is 0 Å². The van der Waals surface area contributed by atoms with Crippen LogP contribution >= 0.6 is 0 Å². The van der Waals surface area contributed by atoms with Gasteiger partial charge in [0, 0.05) is 19.6 Å². The minimum absolute atomic E-state index is 0.0526. The number of ether oxygens (including phenoxy) is 2. The Bertz CT molecular complexity index is 1110. The molecule has 0 unspecified atom stereocenters. The fraction of sp³-hybridized carbons (Fsp3) is 0.333. The van der Waals surface area contributed by atoms with E-state index in [-0.39, 0.29) is 11.0 Å². The quantitative estimate of drug-likeness (QED) is 0.629. The fourth-order valence-corrected chi connectivity index (χ4v) is 3.46. The van der Waals surface area contributed by atoms with Crippen molar-refractivity contribution in [1.29, 1.82) is 5.26 Å². The Balaban J connectivity index is 1.63. The molecule has 3 aromatic rings. The summed E-state index contributed by atoms with van der Waals surface area (Å²) in [5, 5.41) is 11.5. The normalized spacial score (nSPS) is 14.9. The van der Waals surface area contributed by atoms with Crippen LogP contribution in [-0.4, -0.2) is 56.2 Å². The first kappa shape index (κ1) is 18.3. The molecule has 0 aliphatic carbocycles. The van der Waals surface area contributed by atoms with Crippen LogP contribution in [0.15, 0.2) is 41.3 Å². The number of fused-ring (bicyclic) bond motifs is 2. The second-order valence-corrected chi connectivity index (χ2v) is 6.67. The molecule has 1 aromatic heterocycles. The number of morpholine rings is 1. The lowest BCUT2D eigenvalue weighted by Gasteiger charge is -2.26. The van der Waals surface area contributed by atoms with Gasteiger partial charge in [0.1, 0.15) is 31.1 Å². The van der Waals surface area contributed by atoms with Crippen molar-refractivity contribution in [1.82, 2.24) is 9.63 Å². The van der Waals surface area contributed by atoms with Gasteiger partial charge >= 0.3 is 0 Å². The van der Waals surface area contributed by atoms with Gasteiger partial charge in [-0.3, -0.25) is 9.69 Å². The van der Waals surface area contributed by atoms with E-state index in [2.05, 4.69) is 4.90 Å². The molecule has 0 amide bonds. The second-order valence-electron chi connectivity index (χ2n) is 6.67. The van der Waals surface area contributed by atoms with E-state index in [9.17, 15) is 10.1 Å². The van der Waals surface area contributed by atoms with E-state index in [0.717, 1.165) is 49.4 Å². The van der Waals surface area contributed by atoms with Crippen LogP contribution in [0.1, 0.15) is 5.56 Å². The van der Waals surface area contributed by atoms with E-state index in [1.807, 2.05) is 30.3 Å². The molecule has 144 valence electrons. The van der Waals surface area contributed by atoms with Gasteiger partial charge in [-0.2, -0.15) is 9.99 Å². The third kappa shape index (κ3) is 3.52. The first-order chi connectivity index (χ1) is 13.7. The van der Waals surface area contributed by atoms with Crippen molar-refractivity contribution in [3.8, 4) is 11.8 Å². The Labute approximate surface area is 162 Å². The standard InChI is InChI=1S/C21H21N3O4/c1-26-24-14-17(13-22)21(25)19-11-15-2-3-18(10-16(15)12-20(19)24)28-9-6-23-4-7-27-8-5-23/h2-3,10-12,14H,4-9H2,1H3. The van der Waals surface area contributed by atoms with Gasteiger partial charge in [-0.15, -0.1) is 0 Å². The van der Waals surface area contributed by atoms with Crippen LogP contribution in [0, 0.1) is 11.3 Å². The predicted molar refractivity (Wildman–Crippen MR) is 106 cm³/mol. The molecule has 0 N–H and O–H groups in total. The summed E-state index contributed by atoms with van der Waals surface area (Å²) >= 11 is 0. The number of hydrogen-bond acceptors (Lipinski definition) is 6. The van der Waals surface area contributed by atoms with Crippen LogP contribution in [0.25, 0.3) is 21.7 Å². The van der Waals surface area contributed by atoms with Crippen LogP contribution in [0.5, 0.6) is 5.75 Å². The Kier molecular flexibility index (Phi) is 5.15. The summed E-state index contributed by atoms with van der Waals surface area (Å²) in [6.07, 6.45) is 1.42. The van der Waals surface area contributed by atoms with Crippen LogP contribution in [0.2, 0.25) is 0 Å². The molecule has 0 saturated carbocycles. The lowest BCUT2D eigenvalue weighted by molar-refractivity contribution is 0.0322. The Morgan fingerprint density at radius 2 is 2.00 bits per heavy atom. The van der Waals surface area contributed by atoms with Gasteiger partial charge in [0.2, 0.25) is 5.43 Å². The van der Waals surface area contributed by atoms with Crippen molar-refractivity contribution in [2.24, 2.45) is 0 Å². The maximum Gasteiger partial charge on any atom is 0.207 e. The Morgan fingerprint density at radius 1 is 1.18 bits per heavy atom. The molecule has 0 bridgehead atoms. The fourth-order valence-electron chi connectivity index (χ4n) is 3.46. The number of rotatable bonds is 5. The molecule has 7 heteroatoms. The summed E-state index contributed by atoms with van der Waals surface area (Å²) in [4.78, 5) is 20.1. The molecular formula is C21H21N3O4. The van der Waals surface area contributed by atoms with Crippen molar-refractivity contribution < 1.29 is 14.3 Å². The van der Waals surface area contributed by atoms with Gasteiger partial charge in [0.05, 0.1) is 30.3 Å². The van der Waals surface area contributed by atoms with E-state index in [4.69, 9.17) is 14.3 Å². The number of benzene rings is 2. The maximum atomic E-state index is 12.5. The molecule has 4 rings (SSSR count). The number of pyridine rings is 1. The Morgan fingerprint density at radius 3 is 2.75 bits per heavy atom. The van der Waals surface area contributed by atoms with Crippen LogP contribution < -0.4 is 15.0 Å². The van der Waals surface area contributed by atoms with Gasteiger partial charge in [-0.1, -0.05) is 6.07 Å². The Hall–Kier alpha value is -3.08. The lowest BCUT2D eigenvalue weighted by atomic mass is 10.1. The second kappa shape index (κ2) is 7.89. The largest absolute Gasteiger partial charge is 0.492 e. The van der Waals surface area contributed by atoms with Gasteiger partial charge in [-0.05, 0) is 35.0 Å². The minimum atomic E-state index is -0.293. The van der Waals surface area contributed by atoms with Crippen molar-refractivity contribution >= 4 is 21.7 Å². The number of nitriles is 1. The molecule has 0 spiro atoms. The van der Waals surface area contributed by atoms with E-state index in [1.165, 1.54) is 18.0 Å². The number of aromatic nitrogens is 1. The topological polar surface area (TPSA) is 76.7 Å². The number of nitrogens with zero attached hydrogens (tertiary/aromatic N) is 3. The zero-order valence-electron chi connectivity index (χ0n) is 15.7. The molecule has 1 saturated heterocycles. The van der Waals surface area contributed by atoms with E-state index in [1.54, 1.807) is 6.07 Å². The molecule has 1 aliphatic rings. The third-order valence-electron chi connectivity index (χ3n) is 5.00. The molecule has 28 heavy (non-hydrogen) atoms. The average molecular weight is 379 g/mol. The van der Waals surface area contributed by atoms with Crippen molar-refractivity contribution in [2.75, 3.05) is 46.6 Å². The zero-order chi connectivity index (χ0) is 19.5. The van der Waals surface area contributed by atoms with Crippen molar-refractivity contribution in [3.05, 3.63) is 52.3 Å². The summed E-state index contributed by atoms with van der Waals surface area (Å²) < 4.78 is 12.7. The smallest absolute Gasteiger partial charge is 0.207 e. The summed E-state index contributed by atoms with van der Waals surface area (Å²) in [5.41, 5.74) is 0.375. The summed E-state index contributed by atoms with van der Waals surface area (Å²) in [6, 6.07) is 11.4. The highest BCUT2D eigenvalue weighted by atomic mass is 16.6. The third-order valence-corrected chi connectivity index (χ3v) is 5.00. The molecule has 7 nitrogen and oxygen atoms in total. The van der Waals surface area contributed by atoms with Gasteiger partial charge < -0.3 is 14.3 Å². The molecule has 1 aliphatic heterocycles. The SMILES string of the molecule is COn1cc(C#N)c(=O)c2cc3ccc(OCCN4CCOCC4)cc3cc21. The van der Waals surface area contributed by atoms with E-state index < -0.39 is 0 Å². The van der Waals surface area contributed by atoms with Gasteiger partial charge in [-0.25, -0.2) is 0 Å². The summed E-state index contributed by atoms with van der Waals surface area (Å²) in [7, 11) is 1.50. The maximum absolute atomic E-state index is 12.5. The molecular weight excluding hydrogens is 358 g/mol. The van der Waals surface area contributed by atoms with Gasteiger partial charge in [0.15, 0.2) is 0 Å². The molecule has 1 fully saturated rings. The van der Waals surface area contributed by atoms with Crippen LogP contribution in [0.3, 0.4) is 0 Å². The number of hydrogen-bond donors (Lipinski definition) is 0. The highest BCUT2D eigenvalue weighted by Gasteiger charge is 2.12. The minimum Gasteiger partial charge on any atom is -0.492 e.